The third-order valence-corrected chi connectivity index (χ3v) is 5.89. The third kappa shape index (κ3) is 4.56. The summed E-state index contributed by atoms with van der Waals surface area (Å²) < 4.78 is 26.9. The van der Waals surface area contributed by atoms with E-state index >= 15 is 0 Å². The fourth-order valence-electron chi connectivity index (χ4n) is 1.61. The smallest absolute Gasteiger partial charge is 0.241 e. The van der Waals surface area contributed by atoms with Crippen LogP contribution < -0.4 is 10.0 Å². The van der Waals surface area contributed by atoms with E-state index in [9.17, 15) is 8.42 Å². The maximum Gasteiger partial charge on any atom is 0.241 e. The molecule has 1 heterocycles. The summed E-state index contributed by atoms with van der Waals surface area (Å²) in [6.07, 6.45) is 3.46. The monoisotopic (exact) mass is 302 g/mol. The molecule has 1 aromatic heterocycles. The van der Waals surface area contributed by atoms with Gasteiger partial charge in [-0.1, -0.05) is 20.3 Å². The fourth-order valence-corrected chi connectivity index (χ4v) is 4.00. The van der Waals surface area contributed by atoms with Crippen LogP contribution in [0.5, 0.6) is 0 Å². The quantitative estimate of drug-likeness (QED) is 0.775. The van der Waals surface area contributed by atoms with E-state index in [1.165, 1.54) is 24.2 Å². The van der Waals surface area contributed by atoms with Gasteiger partial charge in [-0.2, -0.15) is 0 Å². The molecule has 1 aliphatic carbocycles. The number of rotatable bonds is 8. The third-order valence-electron chi connectivity index (χ3n) is 3.40. The van der Waals surface area contributed by atoms with Gasteiger partial charge in [0.15, 0.2) is 0 Å². The van der Waals surface area contributed by atoms with Gasteiger partial charge in [-0.3, -0.25) is 0 Å². The predicted octanol–water partition coefficient (Wildman–Crippen LogP) is 2.32. The summed E-state index contributed by atoms with van der Waals surface area (Å²) in [6, 6.07) is 2.42. The van der Waals surface area contributed by atoms with Gasteiger partial charge >= 0.3 is 0 Å². The Hall–Kier alpha value is -0.430. The number of thiophene rings is 1. The van der Waals surface area contributed by atoms with Crippen LogP contribution in [0.25, 0.3) is 0 Å². The molecule has 0 bridgehead atoms. The Morgan fingerprint density at radius 2 is 2.21 bits per heavy atom. The van der Waals surface area contributed by atoms with E-state index in [0.717, 1.165) is 17.8 Å². The van der Waals surface area contributed by atoms with E-state index in [2.05, 4.69) is 17.0 Å². The second kappa shape index (κ2) is 6.35. The van der Waals surface area contributed by atoms with Crippen LogP contribution in [-0.4, -0.2) is 21.0 Å². The minimum absolute atomic E-state index is 0.365. The molecule has 1 unspecified atom stereocenters. The van der Waals surface area contributed by atoms with Gasteiger partial charge in [-0.25, -0.2) is 13.1 Å². The van der Waals surface area contributed by atoms with Gasteiger partial charge < -0.3 is 5.32 Å². The van der Waals surface area contributed by atoms with Crippen molar-refractivity contribution in [2.45, 2.75) is 50.6 Å². The topological polar surface area (TPSA) is 58.2 Å². The summed E-state index contributed by atoms with van der Waals surface area (Å²) in [5.41, 5.74) is 0. The van der Waals surface area contributed by atoms with Crippen molar-refractivity contribution < 1.29 is 8.42 Å². The Labute approximate surface area is 119 Å². The molecule has 2 rings (SSSR count). The summed E-state index contributed by atoms with van der Waals surface area (Å²) in [6.45, 7) is 5.38. The lowest BCUT2D eigenvalue weighted by molar-refractivity contribution is 0.528. The molecular weight excluding hydrogens is 280 g/mol. The van der Waals surface area contributed by atoms with Crippen molar-refractivity contribution in [2.75, 3.05) is 6.54 Å². The second-order valence-electron chi connectivity index (χ2n) is 5.27. The van der Waals surface area contributed by atoms with E-state index in [-0.39, 0.29) is 0 Å². The zero-order valence-electron chi connectivity index (χ0n) is 11.5. The van der Waals surface area contributed by atoms with Gasteiger partial charge in [0, 0.05) is 29.4 Å². The van der Waals surface area contributed by atoms with Crippen molar-refractivity contribution in [3.8, 4) is 0 Å². The Kier molecular flexibility index (Phi) is 5.00. The molecule has 0 aliphatic heterocycles. The lowest BCUT2D eigenvalue weighted by Crippen LogP contribution is -2.27. The van der Waals surface area contributed by atoms with Crippen molar-refractivity contribution in [1.29, 1.82) is 0 Å². The van der Waals surface area contributed by atoms with Gasteiger partial charge in [-0.05, 0) is 24.8 Å². The van der Waals surface area contributed by atoms with Crippen molar-refractivity contribution in [3.05, 3.63) is 16.3 Å². The molecule has 1 atom stereocenters. The molecule has 1 aromatic rings. The van der Waals surface area contributed by atoms with E-state index in [1.54, 1.807) is 11.4 Å². The average Bonchev–Trinajstić information content (AvgIpc) is 3.09. The zero-order valence-corrected chi connectivity index (χ0v) is 13.1. The van der Waals surface area contributed by atoms with Crippen LogP contribution in [0.2, 0.25) is 0 Å². The van der Waals surface area contributed by atoms with E-state index < -0.39 is 10.0 Å². The molecule has 1 aliphatic rings. The van der Waals surface area contributed by atoms with Crippen molar-refractivity contribution >= 4 is 21.4 Å². The van der Waals surface area contributed by atoms with Crippen LogP contribution in [0.15, 0.2) is 16.3 Å². The van der Waals surface area contributed by atoms with Gasteiger partial charge in [0.1, 0.15) is 0 Å². The van der Waals surface area contributed by atoms with Crippen molar-refractivity contribution in [3.63, 3.8) is 0 Å². The molecule has 0 aromatic carbocycles. The molecule has 4 nitrogen and oxygen atoms in total. The molecule has 1 saturated carbocycles. The zero-order chi connectivity index (χ0) is 13.9. The minimum Gasteiger partial charge on any atom is -0.309 e. The molecule has 0 saturated heterocycles. The normalized spacial score (nSPS) is 17.6. The average molecular weight is 302 g/mol. The molecule has 19 heavy (non-hydrogen) atoms. The predicted molar refractivity (Wildman–Crippen MR) is 78.8 cm³/mol. The maximum atomic E-state index is 12.1. The van der Waals surface area contributed by atoms with Gasteiger partial charge in [0.2, 0.25) is 10.0 Å². The SMILES string of the molecule is CCC(C)CNS(=O)(=O)c1csc(CNC2CC2)c1. The first-order chi connectivity index (χ1) is 9.01. The summed E-state index contributed by atoms with van der Waals surface area (Å²) in [4.78, 5) is 1.48. The van der Waals surface area contributed by atoms with Crippen LogP contribution in [0.3, 0.4) is 0 Å². The highest BCUT2D eigenvalue weighted by atomic mass is 32.2. The van der Waals surface area contributed by atoms with Gasteiger partial charge in [0.25, 0.3) is 0 Å². The molecule has 0 amide bonds. The van der Waals surface area contributed by atoms with Crippen LogP contribution in [0.1, 0.15) is 38.0 Å². The van der Waals surface area contributed by atoms with Gasteiger partial charge in [0.05, 0.1) is 4.90 Å². The van der Waals surface area contributed by atoms with Crippen molar-refractivity contribution in [2.24, 2.45) is 5.92 Å². The van der Waals surface area contributed by atoms with E-state index in [0.29, 0.717) is 23.4 Å². The standard InChI is InChI=1S/C13H22N2O2S2/c1-3-10(2)7-15-19(16,17)13-6-12(18-9-13)8-14-11-4-5-11/h6,9-11,14-15H,3-5,7-8H2,1-2H3. The molecular formula is C13H22N2O2S2. The van der Waals surface area contributed by atoms with Crippen LogP contribution in [0, 0.1) is 5.92 Å². The van der Waals surface area contributed by atoms with Crippen molar-refractivity contribution in [1.82, 2.24) is 10.0 Å². The fraction of sp³-hybridized carbons (Fsp3) is 0.692. The highest BCUT2D eigenvalue weighted by Crippen LogP contribution is 2.22. The number of sulfonamides is 1. The molecule has 0 spiro atoms. The first kappa shape index (κ1) is 15.0. The van der Waals surface area contributed by atoms with Crippen LogP contribution in [0.4, 0.5) is 0 Å². The molecule has 6 heteroatoms. The Morgan fingerprint density at radius 1 is 1.47 bits per heavy atom. The van der Waals surface area contributed by atoms with Crippen LogP contribution in [-0.2, 0) is 16.6 Å². The number of nitrogens with one attached hydrogen (secondary N) is 2. The summed E-state index contributed by atoms with van der Waals surface area (Å²) >= 11 is 1.50. The Bertz CT molecular complexity index is 506. The summed E-state index contributed by atoms with van der Waals surface area (Å²) in [5.74, 6) is 0.365. The lowest BCUT2D eigenvalue weighted by Gasteiger charge is -2.09. The number of hydrogen-bond donors (Lipinski definition) is 2. The molecule has 2 N–H and O–H groups in total. The largest absolute Gasteiger partial charge is 0.309 e. The minimum atomic E-state index is -3.33. The lowest BCUT2D eigenvalue weighted by atomic mass is 10.1. The van der Waals surface area contributed by atoms with E-state index in [1.807, 2.05) is 6.92 Å². The highest BCUT2D eigenvalue weighted by molar-refractivity contribution is 7.89. The molecule has 108 valence electrons. The number of hydrogen-bond acceptors (Lipinski definition) is 4. The summed E-state index contributed by atoms with van der Waals surface area (Å²) in [7, 11) is -3.33. The molecule has 0 radical (unpaired) electrons. The Balaban J connectivity index is 1.91. The molecule has 1 fully saturated rings. The van der Waals surface area contributed by atoms with Gasteiger partial charge in [-0.15, -0.1) is 11.3 Å². The van der Waals surface area contributed by atoms with Crippen LogP contribution >= 0.6 is 11.3 Å². The second-order valence-corrected chi connectivity index (χ2v) is 8.03. The van der Waals surface area contributed by atoms with E-state index in [4.69, 9.17) is 0 Å². The Morgan fingerprint density at radius 3 is 2.84 bits per heavy atom. The highest BCUT2D eigenvalue weighted by Gasteiger charge is 2.21. The summed E-state index contributed by atoms with van der Waals surface area (Å²) in [5, 5.41) is 5.12. The maximum absolute atomic E-state index is 12.1. The first-order valence-corrected chi connectivity index (χ1v) is 9.18. The first-order valence-electron chi connectivity index (χ1n) is 6.81.